The van der Waals surface area contributed by atoms with Crippen LogP contribution in [0.5, 0.6) is 5.75 Å². The van der Waals surface area contributed by atoms with Gasteiger partial charge in [0.15, 0.2) is 0 Å². The number of carbonyl (C=O) groups is 1. The second-order valence-electron chi connectivity index (χ2n) is 5.31. The number of hydrogen-bond donors (Lipinski definition) is 1. The van der Waals surface area contributed by atoms with E-state index >= 15 is 0 Å². The summed E-state index contributed by atoms with van der Waals surface area (Å²) in [5.41, 5.74) is 2.07. The summed E-state index contributed by atoms with van der Waals surface area (Å²) in [6.45, 7) is 0.875. The summed E-state index contributed by atoms with van der Waals surface area (Å²) in [5.74, 6) is 0.554. The molecule has 0 heterocycles. The topological polar surface area (TPSA) is 47.6 Å². The second kappa shape index (κ2) is 8.96. The van der Waals surface area contributed by atoms with Gasteiger partial charge in [-0.25, -0.2) is 0 Å². The highest BCUT2D eigenvalue weighted by Crippen LogP contribution is 2.25. The van der Waals surface area contributed by atoms with Gasteiger partial charge in [-0.3, -0.25) is 4.79 Å². The third kappa shape index (κ3) is 5.42. The van der Waals surface area contributed by atoms with Gasteiger partial charge >= 0.3 is 5.97 Å². The molecule has 0 saturated heterocycles. The van der Waals surface area contributed by atoms with Crippen molar-refractivity contribution < 1.29 is 14.3 Å². The van der Waals surface area contributed by atoms with E-state index in [9.17, 15) is 4.79 Å². The molecule has 4 nitrogen and oxygen atoms in total. The second-order valence-corrected chi connectivity index (χ2v) is 5.31. The number of methoxy groups -OCH3 is 1. The molecule has 1 N–H and O–H groups in total. The lowest BCUT2D eigenvalue weighted by atomic mass is 10.1. The van der Waals surface area contributed by atoms with Gasteiger partial charge in [0.05, 0.1) is 13.5 Å². The Kier molecular flexibility index (Phi) is 6.63. The summed E-state index contributed by atoms with van der Waals surface area (Å²) < 4.78 is 10.8. The average Bonchev–Trinajstić information content (AvgIpc) is 2.60. The Balaban J connectivity index is 2.05. The summed E-state index contributed by atoms with van der Waals surface area (Å²) in [7, 11) is 3.33. The van der Waals surface area contributed by atoms with Crippen molar-refractivity contribution in [3.8, 4) is 5.75 Å². The van der Waals surface area contributed by atoms with Crippen LogP contribution in [0.2, 0.25) is 0 Å². The molecule has 122 valence electrons. The third-order valence-corrected chi connectivity index (χ3v) is 3.61. The van der Waals surface area contributed by atoms with Crippen LogP contribution < -0.4 is 10.1 Å². The SMILES string of the molecule is CNCC[C@@H](Oc1ccc(CC(=O)OC)cc1)c1ccccc1. The number of esters is 1. The first-order chi connectivity index (χ1) is 11.2. The summed E-state index contributed by atoms with van der Waals surface area (Å²) >= 11 is 0. The van der Waals surface area contributed by atoms with Gasteiger partial charge in [0, 0.05) is 6.42 Å². The first kappa shape index (κ1) is 17.0. The van der Waals surface area contributed by atoms with E-state index in [1.54, 1.807) is 0 Å². The van der Waals surface area contributed by atoms with Crippen LogP contribution in [-0.2, 0) is 16.0 Å². The molecule has 2 aromatic carbocycles. The summed E-state index contributed by atoms with van der Waals surface area (Å²) in [6, 6.07) is 17.8. The zero-order chi connectivity index (χ0) is 16.5. The number of rotatable bonds is 8. The molecule has 0 aromatic heterocycles. The first-order valence-corrected chi connectivity index (χ1v) is 7.75. The quantitative estimate of drug-likeness (QED) is 0.761. The van der Waals surface area contributed by atoms with Crippen molar-refractivity contribution in [1.29, 1.82) is 0 Å². The molecule has 2 rings (SSSR count). The fourth-order valence-electron chi connectivity index (χ4n) is 2.33. The van der Waals surface area contributed by atoms with Crippen LogP contribution in [0.4, 0.5) is 0 Å². The van der Waals surface area contributed by atoms with Crippen molar-refractivity contribution in [2.45, 2.75) is 18.9 Å². The molecule has 1 atom stereocenters. The van der Waals surface area contributed by atoms with Crippen LogP contribution in [0, 0.1) is 0 Å². The van der Waals surface area contributed by atoms with Crippen molar-refractivity contribution in [3.63, 3.8) is 0 Å². The Morgan fingerprint density at radius 3 is 2.39 bits per heavy atom. The van der Waals surface area contributed by atoms with Crippen LogP contribution in [0.3, 0.4) is 0 Å². The van der Waals surface area contributed by atoms with Crippen LogP contribution >= 0.6 is 0 Å². The van der Waals surface area contributed by atoms with Gasteiger partial charge < -0.3 is 14.8 Å². The number of carbonyl (C=O) groups excluding carboxylic acids is 1. The Morgan fingerprint density at radius 2 is 1.78 bits per heavy atom. The molecule has 0 aliphatic rings. The molecule has 0 spiro atoms. The van der Waals surface area contributed by atoms with Crippen LogP contribution in [0.1, 0.15) is 23.7 Å². The molecule has 0 fully saturated rings. The van der Waals surface area contributed by atoms with Crippen molar-refractivity contribution in [2.24, 2.45) is 0 Å². The zero-order valence-corrected chi connectivity index (χ0v) is 13.6. The zero-order valence-electron chi connectivity index (χ0n) is 13.6. The molecule has 0 bridgehead atoms. The molecule has 0 amide bonds. The lowest BCUT2D eigenvalue weighted by molar-refractivity contribution is -0.139. The number of hydrogen-bond acceptors (Lipinski definition) is 4. The molecule has 23 heavy (non-hydrogen) atoms. The van der Waals surface area contributed by atoms with Gasteiger partial charge in [-0.15, -0.1) is 0 Å². The first-order valence-electron chi connectivity index (χ1n) is 7.75. The third-order valence-electron chi connectivity index (χ3n) is 3.61. The molecule has 0 saturated carbocycles. The molecule has 0 radical (unpaired) electrons. The number of benzene rings is 2. The average molecular weight is 313 g/mol. The fraction of sp³-hybridized carbons (Fsp3) is 0.316. The molecule has 0 unspecified atom stereocenters. The molecular formula is C19H23NO3. The maximum absolute atomic E-state index is 11.3. The fourth-order valence-corrected chi connectivity index (χ4v) is 2.33. The molecule has 0 aliphatic carbocycles. The predicted molar refractivity (Wildman–Crippen MR) is 90.5 cm³/mol. The standard InChI is InChI=1S/C19H23NO3/c1-20-13-12-18(16-6-4-3-5-7-16)23-17-10-8-15(9-11-17)14-19(21)22-2/h3-11,18,20H,12-14H2,1-2H3/t18-/m1/s1. The molecule has 4 heteroatoms. The maximum atomic E-state index is 11.3. The van der Waals surface area contributed by atoms with E-state index in [2.05, 4.69) is 22.2 Å². The van der Waals surface area contributed by atoms with Gasteiger partial charge in [-0.05, 0) is 36.9 Å². The summed E-state index contributed by atoms with van der Waals surface area (Å²) in [4.78, 5) is 11.3. The van der Waals surface area contributed by atoms with E-state index < -0.39 is 0 Å². The van der Waals surface area contributed by atoms with E-state index in [0.29, 0.717) is 0 Å². The monoisotopic (exact) mass is 313 g/mol. The van der Waals surface area contributed by atoms with E-state index in [1.165, 1.54) is 7.11 Å². The lowest BCUT2D eigenvalue weighted by Gasteiger charge is -2.20. The molecular weight excluding hydrogens is 290 g/mol. The predicted octanol–water partition coefficient (Wildman–Crippen LogP) is 3.13. The van der Waals surface area contributed by atoms with Crippen molar-refractivity contribution >= 4 is 5.97 Å². The minimum Gasteiger partial charge on any atom is -0.486 e. The minimum absolute atomic E-state index is 0.00453. The van der Waals surface area contributed by atoms with Gasteiger partial charge in [-0.1, -0.05) is 42.5 Å². The van der Waals surface area contributed by atoms with E-state index in [0.717, 1.165) is 29.8 Å². The van der Waals surface area contributed by atoms with Crippen LogP contribution in [0.25, 0.3) is 0 Å². The smallest absolute Gasteiger partial charge is 0.309 e. The van der Waals surface area contributed by atoms with E-state index in [4.69, 9.17) is 4.74 Å². The highest BCUT2D eigenvalue weighted by molar-refractivity contribution is 5.72. The van der Waals surface area contributed by atoms with Crippen LogP contribution in [-0.4, -0.2) is 26.7 Å². The van der Waals surface area contributed by atoms with Crippen molar-refractivity contribution in [2.75, 3.05) is 20.7 Å². The number of nitrogens with one attached hydrogen (secondary N) is 1. The highest BCUT2D eigenvalue weighted by Gasteiger charge is 2.13. The lowest BCUT2D eigenvalue weighted by Crippen LogP contribution is -2.16. The van der Waals surface area contributed by atoms with Crippen molar-refractivity contribution in [3.05, 3.63) is 65.7 Å². The van der Waals surface area contributed by atoms with Crippen LogP contribution in [0.15, 0.2) is 54.6 Å². The van der Waals surface area contributed by atoms with Gasteiger partial charge in [-0.2, -0.15) is 0 Å². The minimum atomic E-state index is -0.241. The number of ether oxygens (including phenoxy) is 2. The van der Waals surface area contributed by atoms with Gasteiger partial charge in [0.1, 0.15) is 11.9 Å². The van der Waals surface area contributed by atoms with E-state index in [1.807, 2.05) is 49.5 Å². The Morgan fingerprint density at radius 1 is 1.09 bits per heavy atom. The highest BCUT2D eigenvalue weighted by atomic mass is 16.5. The Labute approximate surface area is 137 Å². The Hall–Kier alpha value is -2.33. The van der Waals surface area contributed by atoms with E-state index in [-0.39, 0.29) is 18.5 Å². The Bertz CT molecular complexity index is 596. The largest absolute Gasteiger partial charge is 0.486 e. The molecule has 2 aromatic rings. The molecule has 0 aliphatic heterocycles. The maximum Gasteiger partial charge on any atom is 0.309 e. The van der Waals surface area contributed by atoms with Gasteiger partial charge in [0.25, 0.3) is 0 Å². The summed E-state index contributed by atoms with van der Waals surface area (Å²) in [6.07, 6.45) is 1.15. The summed E-state index contributed by atoms with van der Waals surface area (Å²) in [5, 5.41) is 3.16. The van der Waals surface area contributed by atoms with Crippen molar-refractivity contribution in [1.82, 2.24) is 5.32 Å². The van der Waals surface area contributed by atoms with Gasteiger partial charge in [0.2, 0.25) is 0 Å². The normalized spacial score (nSPS) is 11.7.